The third-order valence-corrected chi connectivity index (χ3v) is 3.94. The Kier molecular flexibility index (Phi) is 6.64. The number of hydrogen-bond donors (Lipinski definition) is 1. The summed E-state index contributed by atoms with van der Waals surface area (Å²) in [5.74, 6) is -1.11. The third kappa shape index (κ3) is 5.63. The molecule has 0 spiro atoms. The molecular weight excluding hydrogens is 352 g/mol. The van der Waals surface area contributed by atoms with Crippen LogP contribution in [0.5, 0.6) is 0 Å². The summed E-state index contributed by atoms with van der Waals surface area (Å²) in [4.78, 5) is 34.0. The summed E-state index contributed by atoms with van der Waals surface area (Å²) in [6.45, 7) is 6.14. The molecule has 1 N–H and O–H groups in total. The molecule has 0 aliphatic heterocycles. The van der Waals surface area contributed by atoms with Gasteiger partial charge in [-0.05, 0) is 45.4 Å². The molecule has 0 fully saturated rings. The molecule has 1 amide bonds. The Labute approximate surface area is 156 Å². The number of amides is 1. The lowest BCUT2D eigenvalue weighted by Crippen LogP contribution is -2.30. The van der Waals surface area contributed by atoms with Gasteiger partial charge in [-0.15, -0.1) is 0 Å². The average Bonchev–Trinajstić information content (AvgIpc) is 2.93. The number of aryl methyl sites for hydroxylation is 4. The van der Waals surface area contributed by atoms with Crippen LogP contribution < -0.4 is 5.32 Å². The Morgan fingerprint density at radius 3 is 2.59 bits per heavy atom. The van der Waals surface area contributed by atoms with Gasteiger partial charge >= 0.3 is 5.97 Å². The summed E-state index contributed by atoms with van der Waals surface area (Å²) in [5.41, 5.74) is 2.45. The first kappa shape index (κ1) is 20.1. The minimum absolute atomic E-state index is 0.0769. The fourth-order valence-electron chi connectivity index (χ4n) is 2.61. The molecule has 0 radical (unpaired) electrons. The van der Waals surface area contributed by atoms with Gasteiger partial charge in [0.05, 0.1) is 16.2 Å². The largest absolute Gasteiger partial charge is 0.452 e. The average molecular weight is 374 g/mol. The molecule has 1 aromatic heterocycles. The van der Waals surface area contributed by atoms with Crippen molar-refractivity contribution in [3.05, 3.63) is 56.9 Å². The minimum Gasteiger partial charge on any atom is -0.452 e. The summed E-state index contributed by atoms with van der Waals surface area (Å²) in [5, 5.41) is 17.8. The van der Waals surface area contributed by atoms with Crippen LogP contribution in [0.25, 0.3) is 0 Å². The summed E-state index contributed by atoms with van der Waals surface area (Å²) >= 11 is 0. The zero-order valence-corrected chi connectivity index (χ0v) is 15.5. The standard InChI is InChI=1S/C18H22N4O5/c1-12-9-15(5-6-16(12)22(25)26)18(24)27-11-17(23)19-7-4-8-21-14(3)10-13(2)20-21/h5-6,9-10H,4,7-8,11H2,1-3H3,(H,19,23). The normalized spacial score (nSPS) is 10.5. The van der Waals surface area contributed by atoms with Crippen molar-refractivity contribution in [3.63, 3.8) is 0 Å². The molecule has 0 aliphatic carbocycles. The second-order valence-corrected chi connectivity index (χ2v) is 6.19. The van der Waals surface area contributed by atoms with Crippen LogP contribution >= 0.6 is 0 Å². The number of benzene rings is 1. The number of nitro groups is 1. The maximum absolute atomic E-state index is 12.0. The molecule has 0 saturated carbocycles. The number of carbonyl (C=O) groups is 2. The Bertz CT molecular complexity index is 859. The van der Waals surface area contributed by atoms with Gasteiger partial charge in [0.2, 0.25) is 0 Å². The van der Waals surface area contributed by atoms with Crippen LogP contribution in [0.3, 0.4) is 0 Å². The van der Waals surface area contributed by atoms with E-state index in [0.29, 0.717) is 25.1 Å². The first-order valence-electron chi connectivity index (χ1n) is 8.48. The summed E-state index contributed by atoms with van der Waals surface area (Å²) in [6.07, 6.45) is 0.698. The Morgan fingerprint density at radius 2 is 2.00 bits per heavy atom. The summed E-state index contributed by atoms with van der Waals surface area (Å²) in [7, 11) is 0. The zero-order valence-electron chi connectivity index (χ0n) is 15.5. The third-order valence-electron chi connectivity index (χ3n) is 3.94. The number of nitrogens with zero attached hydrogens (tertiary/aromatic N) is 3. The van der Waals surface area contributed by atoms with E-state index in [0.717, 1.165) is 11.4 Å². The van der Waals surface area contributed by atoms with Crippen molar-refractivity contribution in [3.8, 4) is 0 Å². The molecule has 2 aromatic rings. The molecule has 2 rings (SSSR count). The first-order chi connectivity index (χ1) is 12.8. The van der Waals surface area contributed by atoms with Crippen LogP contribution in [0.1, 0.15) is 33.7 Å². The van der Waals surface area contributed by atoms with E-state index < -0.39 is 23.4 Å². The van der Waals surface area contributed by atoms with Crippen LogP contribution in [0.15, 0.2) is 24.3 Å². The monoisotopic (exact) mass is 374 g/mol. The van der Waals surface area contributed by atoms with Crippen LogP contribution in [0, 0.1) is 30.9 Å². The highest BCUT2D eigenvalue weighted by atomic mass is 16.6. The number of carbonyl (C=O) groups excluding carboxylic acids is 2. The number of ether oxygens (including phenoxy) is 1. The van der Waals surface area contributed by atoms with Gasteiger partial charge in [-0.2, -0.15) is 5.10 Å². The zero-order chi connectivity index (χ0) is 20.0. The van der Waals surface area contributed by atoms with E-state index in [2.05, 4.69) is 10.4 Å². The molecule has 0 saturated heterocycles. The Hall–Kier alpha value is -3.23. The molecule has 0 bridgehead atoms. The number of aromatic nitrogens is 2. The van der Waals surface area contributed by atoms with Gasteiger partial charge in [0.1, 0.15) is 0 Å². The Balaban J connectivity index is 1.73. The maximum Gasteiger partial charge on any atom is 0.338 e. The molecule has 0 unspecified atom stereocenters. The van der Waals surface area contributed by atoms with Crippen LogP contribution in [-0.2, 0) is 16.1 Å². The lowest BCUT2D eigenvalue weighted by molar-refractivity contribution is -0.385. The Morgan fingerprint density at radius 1 is 1.26 bits per heavy atom. The predicted molar refractivity (Wildman–Crippen MR) is 97.4 cm³/mol. The van der Waals surface area contributed by atoms with Gasteiger partial charge < -0.3 is 10.1 Å². The molecular formula is C18H22N4O5. The molecule has 1 heterocycles. The van der Waals surface area contributed by atoms with Crippen molar-refractivity contribution in [1.82, 2.24) is 15.1 Å². The molecule has 0 atom stereocenters. The van der Waals surface area contributed by atoms with Gasteiger partial charge in [0.25, 0.3) is 11.6 Å². The number of hydrogen-bond acceptors (Lipinski definition) is 6. The molecule has 144 valence electrons. The van der Waals surface area contributed by atoms with E-state index >= 15 is 0 Å². The predicted octanol–water partition coefficient (Wildman–Crippen LogP) is 2.08. The topological polar surface area (TPSA) is 116 Å². The van der Waals surface area contributed by atoms with Crippen molar-refractivity contribution < 1.29 is 19.2 Å². The molecule has 0 aliphatic rings. The number of esters is 1. The van der Waals surface area contributed by atoms with E-state index in [1.165, 1.54) is 25.1 Å². The van der Waals surface area contributed by atoms with Crippen molar-refractivity contribution >= 4 is 17.6 Å². The SMILES string of the molecule is Cc1cc(C)n(CCCNC(=O)COC(=O)c2ccc([N+](=O)[O-])c(C)c2)n1. The smallest absolute Gasteiger partial charge is 0.338 e. The van der Waals surface area contributed by atoms with Gasteiger partial charge in [-0.3, -0.25) is 19.6 Å². The van der Waals surface area contributed by atoms with Crippen molar-refractivity contribution in [2.75, 3.05) is 13.2 Å². The first-order valence-corrected chi connectivity index (χ1v) is 8.48. The molecule has 9 nitrogen and oxygen atoms in total. The number of nitrogens with one attached hydrogen (secondary N) is 1. The van der Waals surface area contributed by atoms with Crippen molar-refractivity contribution in [2.45, 2.75) is 33.7 Å². The van der Waals surface area contributed by atoms with Crippen LogP contribution in [-0.4, -0.2) is 39.7 Å². The van der Waals surface area contributed by atoms with E-state index in [1.54, 1.807) is 0 Å². The van der Waals surface area contributed by atoms with E-state index in [-0.39, 0.29) is 11.3 Å². The lowest BCUT2D eigenvalue weighted by atomic mass is 10.1. The van der Waals surface area contributed by atoms with Crippen LogP contribution in [0.2, 0.25) is 0 Å². The fourth-order valence-corrected chi connectivity index (χ4v) is 2.61. The van der Waals surface area contributed by atoms with E-state index in [1.807, 2.05) is 24.6 Å². The van der Waals surface area contributed by atoms with Gasteiger partial charge in [0.15, 0.2) is 6.61 Å². The van der Waals surface area contributed by atoms with Crippen LogP contribution in [0.4, 0.5) is 5.69 Å². The highest BCUT2D eigenvalue weighted by Gasteiger charge is 2.15. The second kappa shape index (κ2) is 8.93. The quantitative estimate of drug-likeness (QED) is 0.327. The van der Waals surface area contributed by atoms with Crippen molar-refractivity contribution in [2.24, 2.45) is 0 Å². The summed E-state index contributed by atoms with van der Waals surface area (Å²) in [6, 6.07) is 5.90. The maximum atomic E-state index is 12.0. The van der Waals surface area contributed by atoms with Gasteiger partial charge in [-0.1, -0.05) is 0 Å². The molecule has 9 heteroatoms. The van der Waals surface area contributed by atoms with E-state index in [9.17, 15) is 19.7 Å². The second-order valence-electron chi connectivity index (χ2n) is 6.19. The summed E-state index contributed by atoms with van der Waals surface area (Å²) < 4.78 is 6.82. The van der Waals surface area contributed by atoms with Gasteiger partial charge in [-0.25, -0.2) is 4.79 Å². The van der Waals surface area contributed by atoms with E-state index in [4.69, 9.17) is 4.74 Å². The highest BCUT2D eigenvalue weighted by Crippen LogP contribution is 2.19. The molecule has 1 aromatic carbocycles. The number of rotatable bonds is 8. The molecule has 27 heavy (non-hydrogen) atoms. The van der Waals surface area contributed by atoms with Gasteiger partial charge in [0, 0.05) is 30.4 Å². The fraction of sp³-hybridized carbons (Fsp3) is 0.389. The number of nitro benzene ring substituents is 1. The van der Waals surface area contributed by atoms with Crippen molar-refractivity contribution in [1.29, 1.82) is 0 Å². The lowest BCUT2D eigenvalue weighted by Gasteiger charge is -2.08. The highest BCUT2D eigenvalue weighted by molar-refractivity contribution is 5.91. The minimum atomic E-state index is -0.703.